The van der Waals surface area contributed by atoms with Gasteiger partial charge in [-0.25, -0.2) is 0 Å². The molecule has 0 N–H and O–H groups in total. The van der Waals surface area contributed by atoms with Gasteiger partial charge in [0.05, 0.1) is 46.7 Å². The molecule has 17 heteroatoms. The van der Waals surface area contributed by atoms with E-state index in [1.807, 2.05) is 45.7 Å². The predicted octanol–water partition coefficient (Wildman–Crippen LogP) is 18.7. The molecular weight excluding hydrogens is 1320 g/mol. The maximum atomic E-state index is 11.8. The fourth-order valence-corrected chi connectivity index (χ4v) is 32.8. The maximum Gasteiger partial charge on any atom is 0.310 e. The Morgan fingerprint density at radius 1 is 0.576 bits per heavy atom. The number of halogens is 4. The molecule has 0 aliphatic heterocycles. The van der Waals surface area contributed by atoms with Gasteiger partial charge in [0.1, 0.15) is 0 Å². The fraction of sp³-hybridized carbons (Fsp3) is 0.449. The van der Waals surface area contributed by atoms with Crippen molar-refractivity contribution in [2.75, 3.05) is 19.8 Å². The van der Waals surface area contributed by atoms with E-state index in [9.17, 15) is 14.4 Å². The van der Waals surface area contributed by atoms with Gasteiger partial charge in [-0.3, -0.25) is 14.4 Å². The van der Waals surface area contributed by atoms with Crippen LogP contribution in [0.15, 0.2) is 89.1 Å². The second kappa shape index (κ2) is 38.1. The van der Waals surface area contributed by atoms with Crippen LogP contribution in [0.3, 0.4) is 0 Å². The van der Waals surface area contributed by atoms with Crippen LogP contribution in [0.25, 0.3) is 19.5 Å². The van der Waals surface area contributed by atoms with Crippen LogP contribution in [0.2, 0.25) is 13.3 Å². The third kappa shape index (κ3) is 24.0. The molecular formula is C49H66Br4O6S6Sn. The van der Waals surface area contributed by atoms with Gasteiger partial charge in [0.25, 0.3) is 0 Å². The van der Waals surface area contributed by atoms with Crippen molar-refractivity contribution in [2.45, 2.75) is 120 Å². The summed E-state index contributed by atoms with van der Waals surface area (Å²) >= 11 is 20.6. The minimum Gasteiger partial charge on any atom is -0.466 e. The zero-order valence-electron chi connectivity index (χ0n) is 38.1. The van der Waals surface area contributed by atoms with E-state index in [1.165, 1.54) is 58.0 Å². The number of thiophene rings is 6. The van der Waals surface area contributed by atoms with Gasteiger partial charge < -0.3 is 14.2 Å². The molecule has 6 rings (SSSR count). The number of carbonyl (C=O) groups is 3. The first-order valence-corrected chi connectivity index (χ1v) is 39.8. The predicted molar refractivity (Wildman–Crippen MR) is 309 cm³/mol. The van der Waals surface area contributed by atoms with Crippen molar-refractivity contribution in [2.24, 2.45) is 0 Å². The molecule has 0 fully saturated rings. The number of hydrogen-bond donors (Lipinski definition) is 0. The molecule has 0 atom stereocenters. The summed E-state index contributed by atoms with van der Waals surface area (Å²) in [5, 5.41) is 10.4. The van der Waals surface area contributed by atoms with E-state index < -0.39 is 18.4 Å². The van der Waals surface area contributed by atoms with E-state index in [0.29, 0.717) is 39.1 Å². The molecule has 0 radical (unpaired) electrons. The molecule has 6 heterocycles. The maximum absolute atomic E-state index is 11.8. The van der Waals surface area contributed by atoms with Crippen LogP contribution in [0.5, 0.6) is 0 Å². The third-order valence-electron chi connectivity index (χ3n) is 9.63. The van der Waals surface area contributed by atoms with Crippen LogP contribution in [-0.4, -0.2) is 56.1 Å². The van der Waals surface area contributed by atoms with Crippen molar-refractivity contribution in [3.8, 4) is 19.5 Å². The molecule has 0 aliphatic rings. The molecule has 6 nitrogen and oxygen atoms in total. The van der Waals surface area contributed by atoms with Gasteiger partial charge in [0.2, 0.25) is 0 Å². The molecule has 0 saturated carbocycles. The summed E-state index contributed by atoms with van der Waals surface area (Å²) in [5.74, 6) is -0.495. The van der Waals surface area contributed by atoms with Gasteiger partial charge >= 0.3 is 141 Å². The summed E-state index contributed by atoms with van der Waals surface area (Å²) in [6.45, 7) is 13.8. The second-order valence-electron chi connectivity index (χ2n) is 14.4. The van der Waals surface area contributed by atoms with Gasteiger partial charge in [-0.15, -0.1) is 45.3 Å². The number of carbonyl (C=O) groups excluding carboxylic acids is 3. The van der Waals surface area contributed by atoms with Crippen molar-refractivity contribution in [1.82, 2.24) is 0 Å². The Morgan fingerprint density at radius 2 is 1.08 bits per heavy atom. The van der Waals surface area contributed by atoms with Crippen molar-refractivity contribution in [1.29, 1.82) is 0 Å². The Balaban J connectivity index is 0.000000445. The van der Waals surface area contributed by atoms with Crippen LogP contribution >= 0.6 is 128 Å². The number of esters is 3. The molecule has 366 valence electrons. The van der Waals surface area contributed by atoms with Gasteiger partial charge in [-0.1, -0.05) is 19.6 Å². The molecule has 6 aromatic rings. The molecule has 0 amide bonds. The van der Waals surface area contributed by atoms with Crippen molar-refractivity contribution < 1.29 is 28.6 Å². The standard InChI is InChI=1S/C16H14O2S3.C8H8Br2O2S.C8H10O2S.C4H3S.3C4H9.CH4.Br2.Sn/c1-2-18-15(17)10-11-9-14(12-5-3-7-19-12)21-16(11)13-6-4-8-20-13;1-2-12-7(11)4-5-3-6(9)13-8(5)10;1-2-10-8(9)5-7-3-4-11-6-7;1-2-4-5-3-1;3*1-3-4-2;;1-2;/h3-9H,2,10H2,1H3;3H,2,4H2,1H3;3-4,6H,2,5H2,1H3;1-3H;3*1,3-4H2,2H3;1H4;;. The molecule has 0 aromatic carbocycles. The molecule has 0 spiro atoms. The number of unbranched alkanes of at least 4 members (excludes halogenated alkanes) is 3. The average molecular weight is 1380 g/mol. The van der Waals surface area contributed by atoms with Crippen LogP contribution in [0, 0.1) is 0 Å². The van der Waals surface area contributed by atoms with E-state index in [4.69, 9.17) is 14.2 Å². The van der Waals surface area contributed by atoms with E-state index in [-0.39, 0.29) is 25.3 Å². The van der Waals surface area contributed by atoms with Crippen molar-refractivity contribution in [3.05, 3.63) is 106 Å². The zero-order chi connectivity index (χ0) is 47.9. The number of rotatable bonds is 21. The van der Waals surface area contributed by atoms with E-state index in [1.54, 1.807) is 76.9 Å². The third-order valence-corrected chi connectivity index (χ3v) is 35.4. The summed E-state index contributed by atoms with van der Waals surface area (Å²) in [4.78, 5) is 38.7. The first-order valence-electron chi connectivity index (χ1n) is 21.8. The second-order valence-corrected chi connectivity index (χ2v) is 37.0. The van der Waals surface area contributed by atoms with Gasteiger partial charge in [0.15, 0.2) is 0 Å². The Kier molecular flexibility index (Phi) is 36.5. The van der Waals surface area contributed by atoms with E-state index in [0.717, 1.165) is 24.3 Å². The normalized spacial score (nSPS) is 10.3. The first kappa shape index (κ1) is 63.3. The summed E-state index contributed by atoms with van der Waals surface area (Å²) in [5.41, 5.74) is 3.06. The topological polar surface area (TPSA) is 78.9 Å². The quantitative estimate of drug-likeness (QED) is 0.0406. The van der Waals surface area contributed by atoms with Gasteiger partial charge in [-0.2, -0.15) is 11.3 Å². The Bertz CT molecular complexity index is 2100. The average Bonchev–Trinajstić information content (AvgIpc) is 4.15. The van der Waals surface area contributed by atoms with E-state index in [2.05, 4.69) is 145 Å². The molecule has 0 bridgehead atoms. The van der Waals surface area contributed by atoms with Gasteiger partial charge in [0, 0.05) is 47.8 Å². The number of hydrogen-bond acceptors (Lipinski definition) is 12. The molecule has 6 aromatic heterocycles. The van der Waals surface area contributed by atoms with Crippen LogP contribution in [0.4, 0.5) is 0 Å². The Hall–Kier alpha value is -0.671. The summed E-state index contributed by atoms with van der Waals surface area (Å²) in [7, 11) is 0. The van der Waals surface area contributed by atoms with Crippen LogP contribution in [-0.2, 0) is 47.9 Å². The van der Waals surface area contributed by atoms with Crippen LogP contribution in [0.1, 0.15) is 104 Å². The smallest absolute Gasteiger partial charge is 0.310 e. The summed E-state index contributed by atoms with van der Waals surface area (Å²) < 4.78 is 23.4. The van der Waals surface area contributed by atoms with Crippen molar-refractivity contribution in [3.63, 3.8) is 0 Å². The molecule has 0 saturated heterocycles. The van der Waals surface area contributed by atoms with Gasteiger partial charge in [-0.05, 0) is 121 Å². The minimum absolute atomic E-state index is 0. The Labute approximate surface area is 455 Å². The van der Waals surface area contributed by atoms with Crippen molar-refractivity contribution >= 4 is 167 Å². The molecule has 66 heavy (non-hydrogen) atoms. The monoisotopic (exact) mass is 1380 g/mol. The number of ether oxygens (including phenoxy) is 3. The largest absolute Gasteiger partial charge is 0.466 e. The summed E-state index contributed by atoms with van der Waals surface area (Å²) in [6.07, 6.45) is 9.62. The molecule has 0 aliphatic carbocycles. The summed E-state index contributed by atoms with van der Waals surface area (Å²) in [6, 6.07) is 19.0. The van der Waals surface area contributed by atoms with Crippen LogP contribution < -0.4 is 2.89 Å². The Morgan fingerprint density at radius 3 is 1.50 bits per heavy atom. The fourth-order valence-electron chi connectivity index (χ4n) is 6.59. The molecule has 0 unspecified atom stereocenters. The van der Waals surface area contributed by atoms with E-state index >= 15 is 0 Å². The zero-order valence-corrected chi connectivity index (χ0v) is 52.2. The SMILES string of the molecule is BrBr.C.CCC[CH2][Sn]([CH2]CCC)([CH2]CCC)[c]1cccs1.CCOC(=O)Cc1cc(-c2cccs2)sc1-c1cccs1.CCOC(=O)Cc1cc(Br)sc1Br.CCOC(=O)Cc1ccsc1. The first-order chi connectivity index (χ1) is 31.5. The minimum atomic E-state index is -2.01.